The first kappa shape index (κ1) is 12.5. The molecule has 2 aromatic rings. The predicted octanol–water partition coefficient (Wildman–Crippen LogP) is -0.867. The minimum atomic E-state index is -1.03. The zero-order chi connectivity index (χ0) is 14.2. The maximum absolute atomic E-state index is 11.9. The van der Waals surface area contributed by atoms with Gasteiger partial charge in [0.2, 0.25) is 0 Å². The van der Waals surface area contributed by atoms with E-state index in [0.717, 1.165) is 13.1 Å². The van der Waals surface area contributed by atoms with Crippen LogP contribution in [0.5, 0.6) is 0 Å². The van der Waals surface area contributed by atoms with Crippen LogP contribution in [0.1, 0.15) is 0 Å². The molecule has 1 aromatic carbocycles. The van der Waals surface area contributed by atoms with Crippen LogP contribution in [0.15, 0.2) is 38.6 Å². The maximum Gasteiger partial charge on any atom is 0.340 e. The molecule has 19 heavy (non-hydrogen) atoms. The number of benzene rings is 1. The lowest BCUT2D eigenvalue weighted by atomic mass is 10.2. The Labute approximate surface area is 104 Å². The number of nitrogens with one attached hydrogen (secondary N) is 1. The van der Waals surface area contributed by atoms with E-state index in [1.807, 2.05) is 4.98 Å². The Morgan fingerprint density at radius 1 is 1.16 bits per heavy atom. The van der Waals surface area contributed by atoms with Crippen LogP contribution in [-0.2, 0) is 7.05 Å². The molecule has 0 bridgehead atoms. The fraction of sp³-hybridized carbons (Fsp3) is 0.100. The summed E-state index contributed by atoms with van der Waals surface area (Å²) in [5.74, 6) is 0. The van der Waals surface area contributed by atoms with Crippen molar-refractivity contribution in [2.75, 3.05) is 0 Å². The summed E-state index contributed by atoms with van der Waals surface area (Å²) < 4.78 is 1.19. The number of nitrogens with zero attached hydrogens (tertiary/aromatic N) is 3. The van der Waals surface area contributed by atoms with Gasteiger partial charge in [0.1, 0.15) is 5.69 Å². The van der Waals surface area contributed by atoms with Crippen molar-refractivity contribution in [2.45, 2.75) is 0 Å². The Bertz CT molecular complexity index is 829. The molecule has 98 valence electrons. The molecule has 0 aliphatic rings. The maximum atomic E-state index is 11.9. The van der Waals surface area contributed by atoms with Crippen molar-refractivity contribution in [1.82, 2.24) is 14.1 Å². The number of para-hydroxylation sites is 2. The number of nitro groups is 1. The number of H-pyrrole nitrogens is 1. The summed E-state index contributed by atoms with van der Waals surface area (Å²) in [7, 11) is 1.16. The predicted molar refractivity (Wildman–Crippen MR) is 64.6 cm³/mol. The van der Waals surface area contributed by atoms with E-state index < -0.39 is 27.7 Å². The molecule has 1 aromatic heterocycles. The van der Waals surface area contributed by atoms with Gasteiger partial charge in [-0.3, -0.25) is 15.1 Å². The van der Waals surface area contributed by atoms with Gasteiger partial charge in [0.05, 0.1) is 4.92 Å². The molecule has 0 saturated carbocycles. The average molecular weight is 264 g/mol. The monoisotopic (exact) mass is 264 g/mol. The second-order valence-corrected chi connectivity index (χ2v) is 3.66. The first-order valence-electron chi connectivity index (χ1n) is 5.09. The van der Waals surface area contributed by atoms with Crippen LogP contribution < -0.4 is 17.1 Å². The average Bonchev–Trinajstić information content (AvgIpc) is 2.36. The largest absolute Gasteiger partial charge is 0.340 e. The smallest absolute Gasteiger partial charge is 0.258 e. The highest BCUT2D eigenvalue weighted by Crippen LogP contribution is 2.18. The third-order valence-electron chi connectivity index (χ3n) is 2.52. The summed E-state index contributed by atoms with van der Waals surface area (Å²) in [5.41, 5.74) is -3.47. The van der Waals surface area contributed by atoms with Crippen LogP contribution in [0, 0.1) is 10.1 Å². The highest BCUT2D eigenvalue weighted by Gasteiger charge is 2.18. The number of nitro benzene ring substituents is 1. The van der Waals surface area contributed by atoms with Crippen LogP contribution in [0.3, 0.4) is 0 Å². The van der Waals surface area contributed by atoms with Gasteiger partial charge in [-0.1, -0.05) is 12.1 Å². The first-order valence-corrected chi connectivity index (χ1v) is 5.09. The van der Waals surface area contributed by atoms with E-state index in [2.05, 4.69) is 0 Å². The molecule has 0 unspecified atom stereocenters. The molecule has 2 rings (SSSR count). The summed E-state index contributed by atoms with van der Waals surface area (Å²) in [6.45, 7) is 0. The Hall–Kier alpha value is -2.97. The van der Waals surface area contributed by atoms with Crippen molar-refractivity contribution in [2.24, 2.45) is 7.05 Å². The Morgan fingerprint density at radius 2 is 1.79 bits per heavy atom. The van der Waals surface area contributed by atoms with Gasteiger partial charge in [0, 0.05) is 13.1 Å². The third-order valence-corrected chi connectivity index (χ3v) is 2.52. The van der Waals surface area contributed by atoms with Crippen LogP contribution in [0.4, 0.5) is 5.69 Å². The van der Waals surface area contributed by atoms with Gasteiger partial charge in [-0.05, 0) is 6.07 Å². The highest BCUT2D eigenvalue weighted by atomic mass is 16.6. The van der Waals surface area contributed by atoms with E-state index in [4.69, 9.17) is 0 Å². The third kappa shape index (κ3) is 1.97. The van der Waals surface area contributed by atoms with E-state index in [1.165, 1.54) is 18.2 Å². The van der Waals surface area contributed by atoms with Crippen LogP contribution in [0.25, 0.3) is 5.69 Å². The quantitative estimate of drug-likeness (QED) is 0.558. The molecular formula is C10H8N4O5. The zero-order valence-corrected chi connectivity index (χ0v) is 9.69. The van der Waals surface area contributed by atoms with Crippen molar-refractivity contribution in [3.63, 3.8) is 0 Å². The van der Waals surface area contributed by atoms with Gasteiger partial charge in [-0.15, -0.1) is 0 Å². The Balaban J connectivity index is 2.93. The van der Waals surface area contributed by atoms with E-state index in [-0.39, 0.29) is 5.69 Å². The number of hydrogen-bond acceptors (Lipinski definition) is 5. The lowest BCUT2D eigenvalue weighted by Gasteiger charge is -2.05. The van der Waals surface area contributed by atoms with Gasteiger partial charge < -0.3 is 0 Å². The highest BCUT2D eigenvalue weighted by molar-refractivity contribution is 5.51. The molecular weight excluding hydrogens is 256 g/mol. The van der Waals surface area contributed by atoms with Crippen LogP contribution >= 0.6 is 0 Å². The number of aromatic amines is 1. The minimum Gasteiger partial charge on any atom is -0.258 e. The Kier molecular flexibility index (Phi) is 2.87. The van der Waals surface area contributed by atoms with Gasteiger partial charge in [0.15, 0.2) is 0 Å². The van der Waals surface area contributed by atoms with Crippen LogP contribution in [-0.4, -0.2) is 19.0 Å². The van der Waals surface area contributed by atoms with E-state index in [0.29, 0.717) is 9.13 Å². The molecule has 0 atom stereocenters. The molecule has 0 aliphatic heterocycles. The number of aromatic nitrogens is 3. The molecule has 1 N–H and O–H groups in total. The molecule has 0 amide bonds. The molecule has 0 aliphatic carbocycles. The van der Waals surface area contributed by atoms with Gasteiger partial charge in [-0.25, -0.2) is 23.5 Å². The summed E-state index contributed by atoms with van der Waals surface area (Å²) in [4.78, 5) is 46.8. The summed E-state index contributed by atoms with van der Waals surface area (Å²) in [6.07, 6.45) is 0. The summed E-state index contributed by atoms with van der Waals surface area (Å²) >= 11 is 0. The van der Waals surface area contributed by atoms with Gasteiger partial charge >= 0.3 is 17.1 Å². The number of rotatable bonds is 2. The second kappa shape index (κ2) is 4.37. The molecule has 9 heteroatoms. The Morgan fingerprint density at radius 3 is 2.42 bits per heavy atom. The SMILES string of the molecule is Cn1c(=O)[nH]c(=O)n(-c2ccccc2[N+](=O)[O-])c1=O. The van der Waals surface area contributed by atoms with Crippen molar-refractivity contribution in [1.29, 1.82) is 0 Å². The van der Waals surface area contributed by atoms with Gasteiger partial charge in [-0.2, -0.15) is 0 Å². The summed E-state index contributed by atoms with van der Waals surface area (Å²) in [5, 5.41) is 10.9. The topological polar surface area (TPSA) is 120 Å². The molecule has 0 spiro atoms. The first-order chi connectivity index (χ1) is 8.93. The van der Waals surface area contributed by atoms with Crippen LogP contribution in [0.2, 0.25) is 0 Å². The molecule has 9 nitrogen and oxygen atoms in total. The lowest BCUT2D eigenvalue weighted by molar-refractivity contribution is -0.384. The fourth-order valence-electron chi connectivity index (χ4n) is 1.58. The minimum absolute atomic E-state index is 0.200. The van der Waals surface area contributed by atoms with E-state index >= 15 is 0 Å². The molecule has 0 radical (unpaired) electrons. The molecule has 0 fully saturated rings. The fourth-order valence-corrected chi connectivity index (χ4v) is 1.58. The lowest BCUT2D eigenvalue weighted by Crippen LogP contribution is -2.47. The molecule has 0 saturated heterocycles. The van der Waals surface area contributed by atoms with Crippen molar-refractivity contribution < 1.29 is 4.92 Å². The normalized spacial score (nSPS) is 10.4. The van der Waals surface area contributed by atoms with Crippen molar-refractivity contribution >= 4 is 5.69 Å². The summed E-state index contributed by atoms with van der Waals surface area (Å²) in [6, 6.07) is 5.26. The van der Waals surface area contributed by atoms with E-state index in [9.17, 15) is 24.5 Å². The standard InChI is InChI=1S/C10H8N4O5/c1-12-8(15)11-9(16)13(10(12)17)6-4-2-3-5-7(6)14(18)19/h2-5H,1H3,(H,11,15,16). The molecule has 1 heterocycles. The number of hydrogen-bond donors (Lipinski definition) is 1. The van der Waals surface area contributed by atoms with Crippen molar-refractivity contribution in [3.8, 4) is 5.69 Å². The van der Waals surface area contributed by atoms with Crippen molar-refractivity contribution in [3.05, 3.63) is 65.8 Å². The van der Waals surface area contributed by atoms with Gasteiger partial charge in [0.25, 0.3) is 5.69 Å². The second-order valence-electron chi connectivity index (χ2n) is 3.66. The van der Waals surface area contributed by atoms with E-state index in [1.54, 1.807) is 0 Å². The zero-order valence-electron chi connectivity index (χ0n) is 9.69.